The molecule has 0 bridgehead atoms. The highest BCUT2D eigenvalue weighted by molar-refractivity contribution is 5.55. The van der Waals surface area contributed by atoms with Gasteiger partial charge in [-0.25, -0.2) is 4.98 Å². The zero-order valence-electron chi connectivity index (χ0n) is 9.80. The number of hydrogen-bond acceptors (Lipinski definition) is 4. The predicted molar refractivity (Wildman–Crippen MR) is 67.1 cm³/mol. The third-order valence-electron chi connectivity index (χ3n) is 3.12. The van der Waals surface area contributed by atoms with E-state index in [0.717, 1.165) is 36.8 Å². The van der Waals surface area contributed by atoms with Crippen molar-refractivity contribution in [2.45, 2.75) is 13.1 Å². The van der Waals surface area contributed by atoms with Crippen LogP contribution in [-0.2, 0) is 13.1 Å². The summed E-state index contributed by atoms with van der Waals surface area (Å²) in [4.78, 5) is 10.9. The Balaban J connectivity index is 1.86. The molecule has 88 valence electrons. The minimum Gasteiger partial charge on any atom is -0.387 e. The molecule has 0 fully saturated rings. The summed E-state index contributed by atoms with van der Waals surface area (Å²) < 4.78 is 2.20. The predicted octanol–water partition coefficient (Wildman–Crippen LogP) is 1.34. The minimum absolute atomic E-state index is 0.849. The molecular weight excluding hydrogens is 214 g/mol. The van der Waals surface area contributed by atoms with Crippen LogP contribution in [0.15, 0.2) is 30.9 Å². The van der Waals surface area contributed by atoms with E-state index in [1.165, 1.54) is 0 Å². The first kappa shape index (κ1) is 10.1. The third kappa shape index (κ3) is 1.84. The molecule has 5 nitrogen and oxygen atoms in total. The second-order valence-electron chi connectivity index (χ2n) is 4.14. The topological polar surface area (TPSA) is 46.0 Å². The Morgan fingerprint density at radius 3 is 3.12 bits per heavy atom. The molecule has 5 heteroatoms. The van der Waals surface area contributed by atoms with Crippen LogP contribution in [0, 0.1) is 0 Å². The summed E-state index contributed by atoms with van der Waals surface area (Å²) in [6, 6.07) is 2.12. The fourth-order valence-electron chi connectivity index (χ4n) is 2.13. The van der Waals surface area contributed by atoms with Crippen molar-refractivity contribution in [3.05, 3.63) is 36.7 Å². The van der Waals surface area contributed by atoms with Gasteiger partial charge >= 0.3 is 0 Å². The van der Waals surface area contributed by atoms with Crippen molar-refractivity contribution in [1.82, 2.24) is 14.5 Å². The van der Waals surface area contributed by atoms with E-state index in [9.17, 15) is 0 Å². The Bertz CT molecular complexity index is 519. The summed E-state index contributed by atoms with van der Waals surface area (Å²) in [5, 5.41) is 3.11. The molecule has 0 saturated carbocycles. The maximum absolute atomic E-state index is 4.36. The Kier molecular flexibility index (Phi) is 2.44. The Labute approximate surface area is 100 Å². The molecule has 0 radical (unpaired) electrons. The summed E-state index contributed by atoms with van der Waals surface area (Å²) >= 11 is 0. The van der Waals surface area contributed by atoms with E-state index in [1.54, 1.807) is 0 Å². The second kappa shape index (κ2) is 4.08. The molecule has 0 unspecified atom stereocenters. The Morgan fingerprint density at radius 1 is 1.29 bits per heavy atom. The van der Waals surface area contributed by atoms with E-state index in [1.807, 2.05) is 31.8 Å². The molecule has 2 aromatic heterocycles. The van der Waals surface area contributed by atoms with Crippen molar-refractivity contribution in [3.63, 3.8) is 0 Å². The monoisotopic (exact) mass is 229 g/mol. The minimum atomic E-state index is 0.849. The molecule has 1 N–H and O–H groups in total. The number of nitrogens with one attached hydrogen (secondary N) is 1. The number of aromatic nitrogens is 3. The molecule has 3 heterocycles. The second-order valence-corrected chi connectivity index (χ2v) is 4.14. The fourth-order valence-corrected chi connectivity index (χ4v) is 2.13. The number of nitrogens with zero attached hydrogens (tertiary/aromatic N) is 4. The molecule has 0 amide bonds. The van der Waals surface area contributed by atoms with Gasteiger partial charge in [0.05, 0.1) is 30.3 Å². The van der Waals surface area contributed by atoms with Crippen LogP contribution in [0.3, 0.4) is 0 Å². The van der Waals surface area contributed by atoms with Gasteiger partial charge in [0.2, 0.25) is 0 Å². The zero-order chi connectivity index (χ0) is 11.7. The molecule has 1 aliphatic heterocycles. The number of fused-ring (bicyclic) bond motifs is 1. The van der Waals surface area contributed by atoms with Gasteiger partial charge in [-0.15, -0.1) is 0 Å². The van der Waals surface area contributed by atoms with Gasteiger partial charge in [0.1, 0.15) is 5.82 Å². The van der Waals surface area contributed by atoms with Crippen LogP contribution in [0.25, 0.3) is 0 Å². The summed E-state index contributed by atoms with van der Waals surface area (Å²) in [6.45, 7) is 2.83. The first-order valence-electron chi connectivity index (χ1n) is 5.74. The molecule has 0 aromatic carbocycles. The van der Waals surface area contributed by atoms with Crippen molar-refractivity contribution < 1.29 is 0 Å². The lowest BCUT2D eigenvalue weighted by molar-refractivity contribution is 0.559. The number of anilines is 2. The average Bonchev–Trinajstić information content (AvgIpc) is 2.86. The van der Waals surface area contributed by atoms with Crippen molar-refractivity contribution >= 4 is 11.4 Å². The maximum atomic E-state index is 4.36. The van der Waals surface area contributed by atoms with Crippen molar-refractivity contribution in [3.8, 4) is 0 Å². The van der Waals surface area contributed by atoms with Crippen LogP contribution >= 0.6 is 0 Å². The van der Waals surface area contributed by atoms with Crippen LogP contribution in [0.5, 0.6) is 0 Å². The summed E-state index contributed by atoms with van der Waals surface area (Å²) in [6.07, 6.45) is 7.63. The van der Waals surface area contributed by atoms with E-state index in [2.05, 4.69) is 30.8 Å². The first-order valence-corrected chi connectivity index (χ1v) is 5.74. The lowest BCUT2D eigenvalue weighted by atomic mass is 10.3. The number of rotatable bonds is 2. The molecule has 0 aliphatic carbocycles. The van der Waals surface area contributed by atoms with E-state index in [0.29, 0.717) is 0 Å². The van der Waals surface area contributed by atoms with Crippen molar-refractivity contribution in [2.75, 3.05) is 23.8 Å². The first-order chi connectivity index (χ1) is 8.36. The standard InChI is InChI=1S/C12H15N5/c1-13-10-6-11(8-14-7-10)17-5-4-16-3-2-15-12(16)9-17/h2-3,6-8,13H,4-5,9H2,1H3. The molecule has 0 atom stereocenters. The smallest absolute Gasteiger partial charge is 0.128 e. The van der Waals surface area contributed by atoms with E-state index < -0.39 is 0 Å². The van der Waals surface area contributed by atoms with Gasteiger partial charge < -0.3 is 14.8 Å². The molecule has 17 heavy (non-hydrogen) atoms. The SMILES string of the molecule is CNc1cncc(N2CCn3ccnc3C2)c1. The van der Waals surface area contributed by atoms with Crippen LogP contribution < -0.4 is 10.2 Å². The van der Waals surface area contributed by atoms with Gasteiger partial charge in [0.15, 0.2) is 0 Å². The van der Waals surface area contributed by atoms with E-state index in [-0.39, 0.29) is 0 Å². The fraction of sp³-hybridized carbons (Fsp3) is 0.333. The summed E-state index contributed by atoms with van der Waals surface area (Å²) in [5.41, 5.74) is 2.18. The van der Waals surface area contributed by atoms with Gasteiger partial charge in [0.25, 0.3) is 0 Å². The van der Waals surface area contributed by atoms with Gasteiger partial charge in [-0.2, -0.15) is 0 Å². The Hall–Kier alpha value is -2.04. The van der Waals surface area contributed by atoms with E-state index in [4.69, 9.17) is 0 Å². The number of imidazole rings is 1. The zero-order valence-corrected chi connectivity index (χ0v) is 9.80. The highest BCUT2D eigenvalue weighted by Crippen LogP contribution is 2.21. The summed E-state index contributed by atoms with van der Waals surface area (Å²) in [7, 11) is 1.91. The lowest BCUT2D eigenvalue weighted by Gasteiger charge is -2.29. The molecule has 3 rings (SSSR count). The van der Waals surface area contributed by atoms with Gasteiger partial charge in [0, 0.05) is 32.5 Å². The van der Waals surface area contributed by atoms with Crippen molar-refractivity contribution in [2.24, 2.45) is 0 Å². The molecule has 2 aromatic rings. The summed E-state index contributed by atoms with van der Waals surface area (Å²) in [5.74, 6) is 1.12. The molecule has 0 spiro atoms. The van der Waals surface area contributed by atoms with Gasteiger partial charge in [-0.05, 0) is 6.07 Å². The van der Waals surface area contributed by atoms with Crippen LogP contribution in [0.2, 0.25) is 0 Å². The molecular formula is C12H15N5. The van der Waals surface area contributed by atoms with Crippen LogP contribution in [0.1, 0.15) is 5.82 Å². The van der Waals surface area contributed by atoms with E-state index >= 15 is 0 Å². The largest absolute Gasteiger partial charge is 0.387 e. The van der Waals surface area contributed by atoms with Gasteiger partial charge in [-0.3, -0.25) is 4.98 Å². The third-order valence-corrected chi connectivity index (χ3v) is 3.12. The normalized spacial score (nSPS) is 14.5. The quantitative estimate of drug-likeness (QED) is 0.844. The molecule has 1 aliphatic rings. The average molecular weight is 229 g/mol. The maximum Gasteiger partial charge on any atom is 0.128 e. The lowest BCUT2D eigenvalue weighted by Crippen LogP contribution is -2.33. The van der Waals surface area contributed by atoms with Crippen molar-refractivity contribution in [1.29, 1.82) is 0 Å². The number of pyridine rings is 1. The van der Waals surface area contributed by atoms with Crippen LogP contribution in [0.4, 0.5) is 11.4 Å². The van der Waals surface area contributed by atoms with Crippen LogP contribution in [-0.4, -0.2) is 28.1 Å². The van der Waals surface area contributed by atoms with Gasteiger partial charge in [-0.1, -0.05) is 0 Å². The molecule has 0 saturated heterocycles. The highest BCUT2D eigenvalue weighted by atomic mass is 15.2. The Morgan fingerprint density at radius 2 is 2.24 bits per heavy atom. The highest BCUT2D eigenvalue weighted by Gasteiger charge is 2.17. The number of hydrogen-bond donors (Lipinski definition) is 1.